The summed E-state index contributed by atoms with van der Waals surface area (Å²) >= 11 is 1.60. The highest BCUT2D eigenvalue weighted by Gasteiger charge is 2.44. The molecule has 0 saturated heterocycles. The summed E-state index contributed by atoms with van der Waals surface area (Å²) in [6, 6.07) is 4.00. The number of nitrogens with zero attached hydrogens (tertiary/aromatic N) is 1. The first-order valence-corrected chi connectivity index (χ1v) is 10.1. The van der Waals surface area contributed by atoms with Gasteiger partial charge in [-0.2, -0.15) is 0 Å². The molecule has 2 heterocycles. The van der Waals surface area contributed by atoms with Crippen LogP contribution in [0.15, 0.2) is 33.8 Å². The van der Waals surface area contributed by atoms with Crippen LogP contribution in [0, 0.1) is 5.92 Å². The van der Waals surface area contributed by atoms with Crippen LogP contribution in [0.3, 0.4) is 0 Å². The molecule has 2 aliphatic carbocycles. The van der Waals surface area contributed by atoms with E-state index in [-0.39, 0.29) is 23.8 Å². The monoisotopic (exact) mass is 357 g/mol. The number of carbonyl (C=O) groups is 2. The summed E-state index contributed by atoms with van der Waals surface area (Å²) in [4.78, 5) is 31.4. The lowest BCUT2D eigenvalue weighted by molar-refractivity contribution is -0.151. The molecule has 0 radical (unpaired) electrons. The van der Waals surface area contributed by atoms with E-state index in [1.165, 1.54) is 0 Å². The summed E-state index contributed by atoms with van der Waals surface area (Å²) in [5.74, 6) is -0.764. The van der Waals surface area contributed by atoms with Gasteiger partial charge in [-0.15, -0.1) is 11.3 Å². The Morgan fingerprint density at radius 1 is 1.24 bits per heavy atom. The average molecular weight is 357 g/mol. The summed E-state index contributed by atoms with van der Waals surface area (Å²) in [6.45, 7) is 1.91. The molecule has 25 heavy (non-hydrogen) atoms. The Balaban J connectivity index is 1.71. The summed E-state index contributed by atoms with van der Waals surface area (Å²) in [7, 11) is 0. The van der Waals surface area contributed by atoms with Crippen molar-refractivity contribution < 1.29 is 14.3 Å². The zero-order valence-electron chi connectivity index (χ0n) is 14.5. The number of esters is 1. The molecule has 1 fully saturated rings. The van der Waals surface area contributed by atoms with E-state index in [4.69, 9.17) is 4.74 Å². The average Bonchev–Trinajstić information content (AvgIpc) is 3.27. The normalized spacial score (nSPS) is 27.2. The van der Waals surface area contributed by atoms with Gasteiger partial charge in [0.05, 0.1) is 0 Å². The highest BCUT2D eigenvalue weighted by Crippen LogP contribution is 2.45. The van der Waals surface area contributed by atoms with Gasteiger partial charge in [-0.05, 0) is 56.9 Å². The van der Waals surface area contributed by atoms with Gasteiger partial charge < -0.3 is 4.74 Å². The second-order valence-electron chi connectivity index (χ2n) is 7.20. The Hall–Kier alpha value is -1.75. The van der Waals surface area contributed by atoms with Crippen LogP contribution in [-0.2, 0) is 14.3 Å². The Morgan fingerprint density at radius 2 is 2.04 bits per heavy atom. The minimum Gasteiger partial charge on any atom is -0.462 e. The van der Waals surface area contributed by atoms with E-state index in [0.717, 1.165) is 60.4 Å². The molecule has 0 N–H and O–H groups in total. The van der Waals surface area contributed by atoms with E-state index in [1.54, 1.807) is 11.3 Å². The van der Waals surface area contributed by atoms with Gasteiger partial charge in [-0.25, -0.2) is 0 Å². The van der Waals surface area contributed by atoms with Crippen LogP contribution in [0.25, 0.3) is 0 Å². The molecule has 1 aromatic rings. The topological polar surface area (TPSA) is 55.7 Å². The molecule has 0 aromatic carbocycles. The zero-order valence-corrected chi connectivity index (χ0v) is 15.3. The lowest BCUT2D eigenvalue weighted by Gasteiger charge is -2.34. The molecule has 132 valence electrons. The van der Waals surface area contributed by atoms with Crippen molar-refractivity contribution in [2.45, 2.75) is 63.9 Å². The second-order valence-corrected chi connectivity index (χ2v) is 8.18. The van der Waals surface area contributed by atoms with E-state index >= 15 is 0 Å². The van der Waals surface area contributed by atoms with Crippen LogP contribution in [-0.4, -0.2) is 23.6 Å². The summed E-state index contributed by atoms with van der Waals surface area (Å²) in [5.41, 5.74) is 2.43. The molecule has 2 atom stereocenters. The number of hydrogen-bond acceptors (Lipinski definition) is 5. The highest BCUT2D eigenvalue weighted by molar-refractivity contribution is 7.10. The van der Waals surface area contributed by atoms with Crippen molar-refractivity contribution in [3.63, 3.8) is 0 Å². The zero-order chi connectivity index (χ0) is 17.4. The Bertz CT molecular complexity index is 741. The van der Waals surface area contributed by atoms with Gasteiger partial charge in [-0.3, -0.25) is 14.6 Å². The fourth-order valence-corrected chi connectivity index (χ4v) is 5.20. The first-order chi connectivity index (χ1) is 12.1. The van der Waals surface area contributed by atoms with E-state index < -0.39 is 5.92 Å². The Kier molecular flexibility index (Phi) is 4.59. The molecule has 0 amide bonds. The molecular formula is C20H23NO3S. The third kappa shape index (κ3) is 3.10. The number of ketones is 1. The smallest absolute Gasteiger partial charge is 0.315 e. The number of allylic oxidation sites excluding steroid dienone is 2. The number of hydrogen-bond donors (Lipinski definition) is 0. The van der Waals surface area contributed by atoms with E-state index in [2.05, 4.69) is 4.99 Å². The second kappa shape index (κ2) is 6.87. The maximum atomic E-state index is 13.0. The molecule has 1 aliphatic heterocycles. The van der Waals surface area contributed by atoms with Crippen molar-refractivity contribution in [3.8, 4) is 0 Å². The molecule has 4 rings (SSSR count). The van der Waals surface area contributed by atoms with Gasteiger partial charge in [0.25, 0.3) is 0 Å². The van der Waals surface area contributed by atoms with E-state index in [1.807, 2.05) is 24.4 Å². The minimum absolute atomic E-state index is 0.0294. The van der Waals surface area contributed by atoms with Crippen molar-refractivity contribution in [1.82, 2.24) is 0 Å². The van der Waals surface area contributed by atoms with Crippen molar-refractivity contribution in [2.75, 3.05) is 0 Å². The molecule has 1 unspecified atom stereocenters. The van der Waals surface area contributed by atoms with Crippen LogP contribution in [0.1, 0.15) is 62.7 Å². The van der Waals surface area contributed by atoms with Gasteiger partial charge in [0.2, 0.25) is 0 Å². The number of rotatable bonds is 3. The number of aliphatic imine (C=N–C) groups is 1. The van der Waals surface area contributed by atoms with Crippen LogP contribution >= 0.6 is 11.3 Å². The first-order valence-electron chi connectivity index (χ1n) is 9.20. The third-order valence-electron chi connectivity index (χ3n) is 5.52. The predicted octanol–water partition coefficient (Wildman–Crippen LogP) is 4.42. The van der Waals surface area contributed by atoms with Crippen molar-refractivity contribution >= 4 is 28.8 Å². The van der Waals surface area contributed by atoms with Gasteiger partial charge in [-0.1, -0.05) is 6.07 Å². The third-order valence-corrected chi connectivity index (χ3v) is 6.48. The largest absolute Gasteiger partial charge is 0.462 e. The van der Waals surface area contributed by atoms with Gasteiger partial charge in [0.1, 0.15) is 12.0 Å². The van der Waals surface area contributed by atoms with Crippen LogP contribution in [0.2, 0.25) is 0 Å². The fourth-order valence-electron chi connectivity index (χ4n) is 4.33. The van der Waals surface area contributed by atoms with Crippen molar-refractivity contribution in [2.24, 2.45) is 10.9 Å². The molecule has 1 aromatic heterocycles. The Morgan fingerprint density at radius 3 is 2.76 bits per heavy atom. The lowest BCUT2D eigenvalue weighted by Crippen LogP contribution is -2.38. The maximum absolute atomic E-state index is 13.0. The van der Waals surface area contributed by atoms with Gasteiger partial charge in [0.15, 0.2) is 5.78 Å². The number of Topliss-reactive ketones (excluding diaryl/α,β-unsaturated/α-hetero) is 1. The number of thiophene rings is 1. The highest BCUT2D eigenvalue weighted by atomic mass is 32.1. The summed E-state index contributed by atoms with van der Waals surface area (Å²) in [5, 5.41) is 2.00. The molecule has 0 spiro atoms. The van der Waals surface area contributed by atoms with Crippen LogP contribution in [0.4, 0.5) is 0 Å². The SMILES string of the molecule is CC1=NC2=C(C(=O)CCC2)[C@H](c2cccs2)C1C(=O)OC1CCCC1. The quantitative estimate of drug-likeness (QED) is 0.753. The maximum Gasteiger partial charge on any atom is 0.315 e. The van der Waals surface area contributed by atoms with Gasteiger partial charge in [0, 0.05) is 34.2 Å². The van der Waals surface area contributed by atoms with Gasteiger partial charge >= 0.3 is 5.97 Å². The molecule has 1 saturated carbocycles. The molecule has 3 aliphatic rings. The summed E-state index contributed by atoms with van der Waals surface area (Å²) < 4.78 is 5.82. The van der Waals surface area contributed by atoms with Crippen LogP contribution < -0.4 is 0 Å². The van der Waals surface area contributed by atoms with Crippen LogP contribution in [0.5, 0.6) is 0 Å². The standard InChI is InChI=1S/C20H23NO3S/c1-12-17(20(23)24-13-6-2-3-7-13)19(16-10-5-11-25-16)18-14(21-12)8-4-9-15(18)22/h5,10-11,13,17,19H,2-4,6-9H2,1H3/t17?,19-/m1/s1. The predicted molar refractivity (Wildman–Crippen MR) is 97.9 cm³/mol. The number of ether oxygens (including phenoxy) is 1. The van der Waals surface area contributed by atoms with Crippen molar-refractivity contribution in [1.29, 1.82) is 0 Å². The summed E-state index contributed by atoms with van der Waals surface area (Å²) in [6.07, 6.45) is 6.40. The lowest BCUT2D eigenvalue weighted by atomic mass is 9.74. The molecule has 5 heteroatoms. The molecule has 4 nitrogen and oxygen atoms in total. The number of carbonyl (C=O) groups excluding carboxylic acids is 2. The Labute approximate surface area is 152 Å². The van der Waals surface area contributed by atoms with E-state index in [9.17, 15) is 9.59 Å². The van der Waals surface area contributed by atoms with Crippen molar-refractivity contribution in [3.05, 3.63) is 33.7 Å². The molecular weight excluding hydrogens is 334 g/mol. The minimum atomic E-state index is -0.472. The molecule has 0 bridgehead atoms. The fraction of sp³-hybridized carbons (Fsp3) is 0.550. The first kappa shape index (κ1) is 16.7. The van der Waals surface area contributed by atoms with E-state index in [0.29, 0.717) is 6.42 Å².